The van der Waals surface area contributed by atoms with E-state index in [-0.39, 0.29) is 0 Å². The summed E-state index contributed by atoms with van der Waals surface area (Å²) in [5.74, 6) is 2.56. The summed E-state index contributed by atoms with van der Waals surface area (Å²) in [6.45, 7) is 0. The number of hydrogen-bond acceptors (Lipinski definition) is 1. The third kappa shape index (κ3) is 1.66. The second kappa shape index (κ2) is 3.77. The molecule has 3 aliphatic rings. The lowest BCUT2D eigenvalue weighted by Gasteiger charge is -2.11. The Kier molecular flexibility index (Phi) is 2.42. The summed E-state index contributed by atoms with van der Waals surface area (Å²) in [7, 11) is 0. The van der Waals surface area contributed by atoms with E-state index >= 15 is 0 Å². The molecule has 15 heavy (non-hydrogen) atoms. The minimum atomic E-state index is 0.455. The monoisotopic (exact) mass is 204 g/mol. The zero-order valence-corrected chi connectivity index (χ0v) is 9.37. The Bertz CT molecular complexity index is 290. The highest BCUT2D eigenvalue weighted by atomic mass is 16.1. The van der Waals surface area contributed by atoms with Gasteiger partial charge in [0, 0.05) is 5.92 Å². The number of hydrogen-bond donors (Lipinski definition) is 0. The van der Waals surface area contributed by atoms with Gasteiger partial charge in [0.05, 0.1) is 0 Å². The first-order valence-electron chi connectivity index (χ1n) is 6.61. The maximum absolute atomic E-state index is 12.3. The van der Waals surface area contributed by atoms with Crippen LogP contribution < -0.4 is 0 Å². The third-order valence-electron chi connectivity index (χ3n) is 4.57. The second-order valence-corrected chi connectivity index (χ2v) is 5.48. The van der Waals surface area contributed by atoms with Crippen molar-refractivity contribution in [3.63, 3.8) is 0 Å². The number of rotatable bonds is 2. The van der Waals surface area contributed by atoms with Gasteiger partial charge in [0.15, 0.2) is 5.78 Å². The van der Waals surface area contributed by atoms with E-state index in [1.165, 1.54) is 44.1 Å². The Balaban J connectivity index is 1.68. The SMILES string of the molecule is O=C(C1=CCCCC1)C1C2CCCCC21. The lowest BCUT2D eigenvalue weighted by Crippen LogP contribution is -2.09. The molecule has 1 heteroatoms. The van der Waals surface area contributed by atoms with Gasteiger partial charge in [-0.3, -0.25) is 4.79 Å². The van der Waals surface area contributed by atoms with Crippen molar-refractivity contribution in [2.45, 2.75) is 51.4 Å². The number of allylic oxidation sites excluding steroid dienone is 2. The fourth-order valence-electron chi connectivity index (χ4n) is 3.66. The van der Waals surface area contributed by atoms with Crippen LogP contribution in [0.15, 0.2) is 11.6 Å². The van der Waals surface area contributed by atoms with Gasteiger partial charge in [-0.25, -0.2) is 0 Å². The number of carbonyl (C=O) groups is 1. The molecular formula is C14H20O. The topological polar surface area (TPSA) is 17.1 Å². The van der Waals surface area contributed by atoms with Crippen LogP contribution in [0.5, 0.6) is 0 Å². The molecule has 2 atom stereocenters. The molecule has 2 fully saturated rings. The van der Waals surface area contributed by atoms with Crippen molar-refractivity contribution >= 4 is 5.78 Å². The summed E-state index contributed by atoms with van der Waals surface area (Å²) in [5, 5.41) is 0. The van der Waals surface area contributed by atoms with Gasteiger partial charge >= 0.3 is 0 Å². The van der Waals surface area contributed by atoms with Crippen LogP contribution in [0.4, 0.5) is 0 Å². The van der Waals surface area contributed by atoms with Gasteiger partial charge in [0.2, 0.25) is 0 Å². The van der Waals surface area contributed by atoms with E-state index in [0.29, 0.717) is 11.7 Å². The van der Waals surface area contributed by atoms with Crippen molar-refractivity contribution in [2.75, 3.05) is 0 Å². The van der Waals surface area contributed by atoms with Crippen LogP contribution in [0.1, 0.15) is 51.4 Å². The van der Waals surface area contributed by atoms with Crippen LogP contribution in [-0.2, 0) is 4.79 Å². The molecule has 0 amide bonds. The van der Waals surface area contributed by atoms with E-state index in [9.17, 15) is 4.79 Å². The normalized spacial score (nSPS) is 39.2. The highest BCUT2D eigenvalue weighted by Crippen LogP contribution is 2.56. The largest absolute Gasteiger partial charge is 0.294 e. The highest BCUT2D eigenvalue weighted by Gasteiger charge is 2.54. The van der Waals surface area contributed by atoms with Gasteiger partial charge in [-0.05, 0) is 55.9 Å². The first-order chi connectivity index (χ1) is 7.38. The van der Waals surface area contributed by atoms with E-state index in [1.54, 1.807) is 0 Å². The first-order valence-corrected chi connectivity index (χ1v) is 6.61. The number of fused-ring (bicyclic) bond motifs is 1. The van der Waals surface area contributed by atoms with Crippen molar-refractivity contribution in [3.05, 3.63) is 11.6 Å². The van der Waals surface area contributed by atoms with Gasteiger partial charge in [-0.15, -0.1) is 0 Å². The standard InChI is InChI=1S/C14H20O/c15-14(10-6-2-1-3-7-10)13-11-8-4-5-9-12(11)13/h6,11-13H,1-5,7-9H2. The van der Waals surface area contributed by atoms with Crippen LogP contribution in [-0.4, -0.2) is 5.78 Å². The average molecular weight is 204 g/mol. The van der Waals surface area contributed by atoms with Crippen LogP contribution >= 0.6 is 0 Å². The summed E-state index contributed by atoms with van der Waals surface area (Å²) in [6, 6.07) is 0. The van der Waals surface area contributed by atoms with Crippen LogP contribution in [0, 0.1) is 17.8 Å². The molecule has 1 nitrogen and oxygen atoms in total. The van der Waals surface area contributed by atoms with Gasteiger partial charge in [-0.2, -0.15) is 0 Å². The quantitative estimate of drug-likeness (QED) is 0.673. The molecule has 0 aliphatic heterocycles. The molecule has 2 saturated carbocycles. The summed E-state index contributed by atoms with van der Waals surface area (Å²) >= 11 is 0. The second-order valence-electron chi connectivity index (χ2n) is 5.48. The van der Waals surface area contributed by atoms with E-state index in [2.05, 4.69) is 6.08 Å². The molecule has 0 heterocycles. The van der Waals surface area contributed by atoms with Gasteiger partial charge in [-0.1, -0.05) is 18.9 Å². The van der Waals surface area contributed by atoms with Crippen LogP contribution in [0.25, 0.3) is 0 Å². The molecule has 3 rings (SSSR count). The first kappa shape index (κ1) is 9.62. The van der Waals surface area contributed by atoms with Crippen molar-refractivity contribution < 1.29 is 4.79 Å². The number of Topliss-reactive ketones (excluding diaryl/α,β-unsaturated/α-hetero) is 1. The van der Waals surface area contributed by atoms with E-state index in [0.717, 1.165) is 24.7 Å². The predicted octanol–water partition coefficient (Wildman–Crippen LogP) is 3.49. The van der Waals surface area contributed by atoms with Crippen molar-refractivity contribution in [2.24, 2.45) is 17.8 Å². The van der Waals surface area contributed by atoms with E-state index < -0.39 is 0 Å². The van der Waals surface area contributed by atoms with Crippen molar-refractivity contribution in [3.8, 4) is 0 Å². The molecule has 82 valence electrons. The molecule has 0 N–H and O–H groups in total. The molecule has 2 unspecified atom stereocenters. The average Bonchev–Trinajstić information content (AvgIpc) is 3.03. The van der Waals surface area contributed by atoms with Gasteiger partial charge in [0.1, 0.15) is 0 Å². The number of carbonyl (C=O) groups excluding carboxylic acids is 1. The van der Waals surface area contributed by atoms with Gasteiger partial charge < -0.3 is 0 Å². The molecule has 0 radical (unpaired) electrons. The van der Waals surface area contributed by atoms with E-state index in [1.807, 2.05) is 0 Å². The molecule has 0 saturated heterocycles. The Hall–Kier alpha value is -0.590. The van der Waals surface area contributed by atoms with E-state index in [4.69, 9.17) is 0 Å². The lowest BCUT2D eigenvalue weighted by atomic mass is 9.93. The van der Waals surface area contributed by atoms with Crippen molar-refractivity contribution in [1.82, 2.24) is 0 Å². The zero-order valence-electron chi connectivity index (χ0n) is 9.37. The van der Waals surface area contributed by atoms with Crippen LogP contribution in [0.2, 0.25) is 0 Å². The Morgan fingerprint density at radius 1 is 1.07 bits per heavy atom. The molecule has 3 aliphatic carbocycles. The molecule has 0 bridgehead atoms. The summed E-state index contributed by atoms with van der Waals surface area (Å²) < 4.78 is 0. The maximum Gasteiger partial charge on any atom is 0.162 e. The van der Waals surface area contributed by atoms with Crippen molar-refractivity contribution in [1.29, 1.82) is 0 Å². The summed E-state index contributed by atoms with van der Waals surface area (Å²) in [5.41, 5.74) is 1.18. The molecule has 0 aromatic heterocycles. The molecule has 0 aromatic carbocycles. The Morgan fingerprint density at radius 3 is 2.40 bits per heavy atom. The summed E-state index contributed by atoms with van der Waals surface area (Å²) in [4.78, 5) is 12.3. The smallest absolute Gasteiger partial charge is 0.162 e. The minimum absolute atomic E-state index is 0.455. The van der Waals surface area contributed by atoms with Gasteiger partial charge in [0.25, 0.3) is 0 Å². The predicted molar refractivity (Wildman–Crippen MR) is 60.5 cm³/mol. The minimum Gasteiger partial charge on any atom is -0.294 e. The highest BCUT2D eigenvalue weighted by molar-refractivity contribution is 5.99. The third-order valence-corrected chi connectivity index (χ3v) is 4.57. The Morgan fingerprint density at radius 2 is 1.80 bits per heavy atom. The van der Waals surface area contributed by atoms with Crippen LogP contribution in [0.3, 0.4) is 0 Å². The number of ketones is 1. The lowest BCUT2D eigenvalue weighted by molar-refractivity contribution is -0.117. The maximum atomic E-state index is 12.3. The zero-order chi connectivity index (χ0) is 10.3. The molecular weight excluding hydrogens is 184 g/mol. The summed E-state index contributed by atoms with van der Waals surface area (Å²) in [6.07, 6.45) is 12.3. The molecule has 0 aromatic rings. The fraction of sp³-hybridized carbons (Fsp3) is 0.786. The fourth-order valence-corrected chi connectivity index (χ4v) is 3.66. The Labute approximate surface area is 91.9 Å². The molecule has 0 spiro atoms.